The number of rotatable bonds is 5. The van der Waals surface area contributed by atoms with Crippen LogP contribution < -0.4 is 14.8 Å². The van der Waals surface area contributed by atoms with Crippen LogP contribution in [0.1, 0.15) is 29.5 Å². The lowest BCUT2D eigenvalue weighted by Crippen LogP contribution is -2.33. The van der Waals surface area contributed by atoms with Gasteiger partial charge in [0.1, 0.15) is 5.75 Å². The number of carbonyl (C=O) groups excluding carboxylic acids is 1. The van der Waals surface area contributed by atoms with E-state index in [1.54, 1.807) is 24.3 Å². The molecular weight excluding hydrogens is 493 g/mol. The molecule has 2 saturated heterocycles. The van der Waals surface area contributed by atoms with Crippen LogP contribution in [0, 0.1) is 11.3 Å². The summed E-state index contributed by atoms with van der Waals surface area (Å²) in [5.41, 5.74) is -0.590. The van der Waals surface area contributed by atoms with E-state index in [9.17, 15) is 18.0 Å². The first kappa shape index (κ1) is 25.6. The molecule has 2 aromatic carbocycles. The van der Waals surface area contributed by atoms with Crippen LogP contribution in [0.4, 0.5) is 13.2 Å². The minimum Gasteiger partial charge on any atom is -0.493 e. The van der Waals surface area contributed by atoms with Gasteiger partial charge in [-0.1, -0.05) is 6.07 Å². The average Bonchev–Trinajstić information content (AvgIpc) is 3.19. The summed E-state index contributed by atoms with van der Waals surface area (Å²) in [6, 6.07) is 9.60. The number of nitriles is 1. The number of aliphatic imine (C=N–C) groups is 1. The fraction of sp³-hybridized carbons (Fsp3) is 0.320. The molecule has 0 unspecified atom stereocenters. The van der Waals surface area contributed by atoms with Gasteiger partial charge >= 0.3 is 6.18 Å². The van der Waals surface area contributed by atoms with Gasteiger partial charge in [0.15, 0.2) is 16.7 Å². The zero-order valence-electron chi connectivity index (χ0n) is 19.6. The van der Waals surface area contributed by atoms with Gasteiger partial charge in [0.2, 0.25) is 0 Å². The van der Waals surface area contributed by atoms with Crippen molar-refractivity contribution in [3.63, 3.8) is 0 Å². The Morgan fingerprint density at radius 2 is 1.89 bits per heavy atom. The fourth-order valence-corrected chi connectivity index (χ4v) is 4.71. The SMILES string of the molecule is COc1cc(/C=C2/SC(=NC3CCN(C)CC3)NC2=O)ccc1Oc1ccc(C#N)cc1C(F)(F)F. The van der Waals surface area contributed by atoms with Gasteiger partial charge in [0, 0.05) is 0 Å². The van der Waals surface area contributed by atoms with Crippen LogP contribution in [-0.2, 0) is 11.0 Å². The summed E-state index contributed by atoms with van der Waals surface area (Å²) in [5, 5.41) is 12.3. The van der Waals surface area contributed by atoms with Crippen molar-refractivity contribution in [2.45, 2.75) is 25.1 Å². The Kier molecular flexibility index (Phi) is 7.56. The number of piperidine rings is 1. The second kappa shape index (κ2) is 10.6. The number of thioether (sulfide) groups is 1. The molecular formula is C25H23F3N4O3S. The van der Waals surface area contributed by atoms with Gasteiger partial charge in [-0.05, 0) is 86.7 Å². The second-order valence-corrected chi connectivity index (χ2v) is 9.40. The number of benzene rings is 2. The molecule has 0 bridgehead atoms. The Labute approximate surface area is 210 Å². The molecule has 0 spiro atoms. The molecule has 2 aromatic rings. The van der Waals surface area contributed by atoms with Crippen molar-refractivity contribution in [3.8, 4) is 23.3 Å². The van der Waals surface area contributed by atoms with Gasteiger partial charge in [-0.3, -0.25) is 9.79 Å². The quantitative estimate of drug-likeness (QED) is 0.561. The third-order valence-electron chi connectivity index (χ3n) is 5.76. The first-order valence-corrected chi connectivity index (χ1v) is 11.9. The minimum absolute atomic E-state index is 0.0582. The lowest BCUT2D eigenvalue weighted by atomic mass is 10.1. The molecule has 0 atom stereocenters. The summed E-state index contributed by atoms with van der Waals surface area (Å²) in [5.74, 6) is -0.474. The van der Waals surface area contributed by atoms with E-state index in [2.05, 4.69) is 22.3 Å². The number of amides is 1. The number of halogens is 3. The predicted octanol–water partition coefficient (Wildman–Crippen LogP) is 5.03. The third kappa shape index (κ3) is 6.01. The van der Waals surface area contributed by atoms with Gasteiger partial charge in [0.05, 0.1) is 35.3 Å². The fourth-order valence-electron chi connectivity index (χ4n) is 3.82. The number of likely N-dealkylation sites (tertiary alicyclic amines) is 1. The highest BCUT2D eigenvalue weighted by molar-refractivity contribution is 8.18. The van der Waals surface area contributed by atoms with E-state index in [-0.39, 0.29) is 29.0 Å². The largest absolute Gasteiger partial charge is 0.493 e. The van der Waals surface area contributed by atoms with E-state index >= 15 is 0 Å². The average molecular weight is 517 g/mol. The van der Waals surface area contributed by atoms with E-state index in [0.29, 0.717) is 15.6 Å². The van der Waals surface area contributed by atoms with Gasteiger partial charge in [-0.2, -0.15) is 18.4 Å². The van der Waals surface area contributed by atoms with E-state index in [1.165, 1.54) is 31.0 Å². The summed E-state index contributed by atoms with van der Waals surface area (Å²) >= 11 is 1.25. The van der Waals surface area contributed by atoms with Gasteiger partial charge in [-0.25, -0.2) is 0 Å². The number of nitrogens with one attached hydrogen (secondary N) is 1. The standard InChI is InChI=1S/C25H23F3N4O3S/c1-32-9-7-17(8-10-32)30-24-31-23(33)22(36-24)13-15-3-6-20(21(12-15)34-2)35-19-5-4-16(14-29)11-18(19)25(26,27)28/h3-6,11-13,17H,7-10H2,1-2H3,(H,30,31,33)/b22-13+. The van der Waals surface area contributed by atoms with Gasteiger partial charge in [-0.15, -0.1) is 0 Å². The Hall–Kier alpha value is -3.49. The molecule has 0 radical (unpaired) electrons. The number of alkyl halides is 3. The van der Waals surface area contributed by atoms with E-state index in [0.717, 1.165) is 38.1 Å². The topological polar surface area (TPSA) is 86.9 Å². The predicted molar refractivity (Wildman–Crippen MR) is 131 cm³/mol. The smallest absolute Gasteiger partial charge is 0.420 e. The zero-order chi connectivity index (χ0) is 25.9. The van der Waals surface area contributed by atoms with Crippen LogP contribution in [0.5, 0.6) is 17.2 Å². The molecule has 2 fully saturated rings. The summed E-state index contributed by atoms with van der Waals surface area (Å²) in [7, 11) is 3.44. The normalized spacial score (nSPS) is 19.4. The molecule has 2 heterocycles. The highest BCUT2D eigenvalue weighted by Gasteiger charge is 2.35. The maximum Gasteiger partial charge on any atom is 0.420 e. The van der Waals surface area contributed by atoms with Crippen LogP contribution in [0.25, 0.3) is 6.08 Å². The van der Waals surface area contributed by atoms with Crippen molar-refractivity contribution in [1.29, 1.82) is 5.26 Å². The zero-order valence-corrected chi connectivity index (χ0v) is 20.4. The van der Waals surface area contributed by atoms with Crippen molar-refractivity contribution in [3.05, 3.63) is 58.0 Å². The van der Waals surface area contributed by atoms with E-state index in [4.69, 9.17) is 14.7 Å². The molecule has 7 nitrogen and oxygen atoms in total. The molecule has 1 N–H and O–H groups in total. The van der Waals surface area contributed by atoms with E-state index in [1.807, 2.05) is 0 Å². The number of methoxy groups -OCH3 is 1. The van der Waals surface area contributed by atoms with Crippen LogP contribution in [0.2, 0.25) is 0 Å². The van der Waals surface area contributed by atoms with Crippen molar-refractivity contribution in [1.82, 2.24) is 10.2 Å². The lowest BCUT2D eigenvalue weighted by Gasteiger charge is -2.26. The van der Waals surface area contributed by atoms with Gasteiger partial charge in [0.25, 0.3) is 5.91 Å². The molecule has 0 aliphatic carbocycles. The first-order valence-electron chi connectivity index (χ1n) is 11.1. The molecule has 188 valence electrons. The summed E-state index contributed by atoms with van der Waals surface area (Å²) in [6.07, 6.45) is -1.18. The van der Waals surface area contributed by atoms with Crippen LogP contribution in [0.15, 0.2) is 46.3 Å². The number of hydrogen-bond donors (Lipinski definition) is 1. The highest BCUT2D eigenvalue weighted by atomic mass is 32.2. The highest BCUT2D eigenvalue weighted by Crippen LogP contribution is 2.41. The summed E-state index contributed by atoms with van der Waals surface area (Å²) in [6.45, 7) is 1.92. The summed E-state index contributed by atoms with van der Waals surface area (Å²) in [4.78, 5) is 19.8. The molecule has 1 amide bonds. The molecule has 0 saturated carbocycles. The molecule has 2 aliphatic rings. The lowest BCUT2D eigenvalue weighted by molar-refractivity contribution is -0.138. The van der Waals surface area contributed by atoms with Gasteiger partial charge < -0.3 is 19.7 Å². The van der Waals surface area contributed by atoms with Crippen molar-refractivity contribution < 1.29 is 27.4 Å². The van der Waals surface area contributed by atoms with Crippen molar-refractivity contribution in [2.75, 3.05) is 27.2 Å². The Morgan fingerprint density at radius 1 is 1.17 bits per heavy atom. The van der Waals surface area contributed by atoms with Crippen LogP contribution in [-0.4, -0.2) is 49.3 Å². The Bertz CT molecular complexity index is 1260. The molecule has 2 aliphatic heterocycles. The molecule has 36 heavy (non-hydrogen) atoms. The van der Waals surface area contributed by atoms with Crippen LogP contribution >= 0.6 is 11.8 Å². The molecule has 4 rings (SSSR count). The first-order chi connectivity index (χ1) is 17.2. The third-order valence-corrected chi connectivity index (χ3v) is 6.68. The van der Waals surface area contributed by atoms with Crippen molar-refractivity contribution >= 4 is 28.9 Å². The Balaban J connectivity index is 1.54. The number of nitrogens with zero attached hydrogens (tertiary/aromatic N) is 3. The molecule has 0 aromatic heterocycles. The Morgan fingerprint density at radius 3 is 2.56 bits per heavy atom. The van der Waals surface area contributed by atoms with E-state index < -0.39 is 17.5 Å². The monoisotopic (exact) mass is 516 g/mol. The maximum atomic E-state index is 13.5. The van der Waals surface area contributed by atoms with Crippen molar-refractivity contribution in [2.24, 2.45) is 4.99 Å². The number of amidine groups is 1. The number of ether oxygens (including phenoxy) is 2. The van der Waals surface area contributed by atoms with Crippen LogP contribution in [0.3, 0.4) is 0 Å². The minimum atomic E-state index is -4.71. The number of hydrogen-bond acceptors (Lipinski definition) is 7. The maximum absolute atomic E-state index is 13.5. The second-order valence-electron chi connectivity index (χ2n) is 8.37. The summed E-state index contributed by atoms with van der Waals surface area (Å²) < 4.78 is 51.3. The molecule has 11 heteroatoms. The number of carbonyl (C=O) groups is 1.